The highest BCUT2D eigenvalue weighted by Gasteiger charge is 2.34. The minimum Gasteiger partial charge on any atom is -0.493 e. The molecule has 1 aromatic carbocycles. The maximum absolute atomic E-state index is 13.1. The first-order valence-electron chi connectivity index (χ1n) is 6.54. The van der Waals surface area contributed by atoms with Crippen LogP contribution in [0.3, 0.4) is 0 Å². The van der Waals surface area contributed by atoms with Crippen LogP contribution in [0.25, 0.3) is 0 Å². The van der Waals surface area contributed by atoms with Crippen molar-refractivity contribution in [3.8, 4) is 5.75 Å². The number of alkyl halides is 3. The smallest absolute Gasteiger partial charge is 0.419 e. The molecule has 1 atom stereocenters. The molecule has 0 amide bonds. The number of halogens is 4. The van der Waals surface area contributed by atoms with Gasteiger partial charge in [0.05, 0.1) is 12.2 Å². The van der Waals surface area contributed by atoms with Gasteiger partial charge in [0.25, 0.3) is 0 Å². The Labute approximate surface area is 116 Å². The van der Waals surface area contributed by atoms with E-state index in [4.69, 9.17) is 4.74 Å². The average Bonchev–Trinajstić information content (AvgIpc) is 2.36. The van der Waals surface area contributed by atoms with Crippen LogP contribution in [0.2, 0.25) is 0 Å². The molecule has 0 radical (unpaired) electrons. The van der Waals surface area contributed by atoms with E-state index in [0.717, 1.165) is 25.6 Å². The Morgan fingerprint density at radius 3 is 2.60 bits per heavy atom. The first kappa shape index (κ1) is 16.8. The van der Waals surface area contributed by atoms with Gasteiger partial charge in [-0.3, -0.25) is 0 Å². The van der Waals surface area contributed by atoms with Gasteiger partial charge in [0.1, 0.15) is 11.6 Å². The highest BCUT2D eigenvalue weighted by molar-refractivity contribution is 5.31. The molecule has 0 spiro atoms. The van der Waals surface area contributed by atoms with Gasteiger partial charge in [0, 0.05) is 12.5 Å². The Balaban J connectivity index is 2.56. The highest BCUT2D eigenvalue weighted by Crippen LogP contribution is 2.33. The van der Waals surface area contributed by atoms with Crippen molar-refractivity contribution in [1.29, 1.82) is 0 Å². The Morgan fingerprint density at radius 2 is 2.00 bits per heavy atom. The number of hydrogen-bond donors (Lipinski definition) is 1. The Kier molecular flexibility index (Phi) is 6.26. The standard InChI is InChI=1S/C14H19F4NO/c1-3-6-19-8-10(2)9-20-11-4-5-13(15)12(7-11)14(16,17)18/h4-5,7,10,19H,3,6,8-9H2,1-2H3. The lowest BCUT2D eigenvalue weighted by atomic mass is 10.2. The van der Waals surface area contributed by atoms with Crippen molar-refractivity contribution in [1.82, 2.24) is 5.32 Å². The van der Waals surface area contributed by atoms with Crippen LogP contribution in [0, 0.1) is 11.7 Å². The lowest BCUT2D eigenvalue weighted by Gasteiger charge is -2.15. The third kappa shape index (κ3) is 5.36. The van der Waals surface area contributed by atoms with Gasteiger partial charge in [-0.05, 0) is 31.2 Å². The van der Waals surface area contributed by atoms with Gasteiger partial charge in [0.15, 0.2) is 0 Å². The first-order valence-corrected chi connectivity index (χ1v) is 6.54. The van der Waals surface area contributed by atoms with Gasteiger partial charge in [0.2, 0.25) is 0 Å². The summed E-state index contributed by atoms with van der Waals surface area (Å²) in [6.07, 6.45) is -3.70. The van der Waals surface area contributed by atoms with Gasteiger partial charge in [-0.1, -0.05) is 13.8 Å². The number of nitrogens with one attached hydrogen (secondary N) is 1. The summed E-state index contributed by atoms with van der Waals surface area (Å²) in [5.74, 6) is -1.11. The fourth-order valence-electron chi connectivity index (χ4n) is 1.63. The van der Waals surface area contributed by atoms with Crippen molar-refractivity contribution < 1.29 is 22.3 Å². The molecular weight excluding hydrogens is 274 g/mol. The molecule has 1 aromatic rings. The summed E-state index contributed by atoms with van der Waals surface area (Å²) >= 11 is 0. The molecular formula is C14H19F4NO. The molecule has 2 nitrogen and oxygen atoms in total. The summed E-state index contributed by atoms with van der Waals surface area (Å²) in [7, 11) is 0. The predicted octanol–water partition coefficient (Wildman–Crippen LogP) is 3.86. The molecule has 0 aromatic heterocycles. The summed E-state index contributed by atoms with van der Waals surface area (Å²) in [4.78, 5) is 0. The molecule has 20 heavy (non-hydrogen) atoms. The molecule has 1 N–H and O–H groups in total. The summed E-state index contributed by atoms with van der Waals surface area (Å²) in [5.41, 5.74) is -1.30. The first-order chi connectivity index (χ1) is 9.34. The zero-order chi connectivity index (χ0) is 15.2. The fourth-order valence-corrected chi connectivity index (χ4v) is 1.63. The van der Waals surface area contributed by atoms with Crippen molar-refractivity contribution >= 4 is 0 Å². The summed E-state index contributed by atoms with van der Waals surface area (Å²) in [5, 5.41) is 3.20. The summed E-state index contributed by atoms with van der Waals surface area (Å²) in [6, 6.07) is 2.68. The minimum absolute atomic E-state index is 0.0288. The molecule has 6 heteroatoms. The number of ether oxygens (including phenoxy) is 1. The summed E-state index contributed by atoms with van der Waals surface area (Å²) < 4.78 is 55.9. The topological polar surface area (TPSA) is 21.3 Å². The van der Waals surface area contributed by atoms with Crippen LogP contribution < -0.4 is 10.1 Å². The predicted molar refractivity (Wildman–Crippen MR) is 69.2 cm³/mol. The van der Waals surface area contributed by atoms with Gasteiger partial charge >= 0.3 is 6.18 Å². The third-order valence-corrected chi connectivity index (χ3v) is 2.70. The lowest BCUT2D eigenvalue weighted by molar-refractivity contribution is -0.140. The van der Waals surface area contributed by atoms with Crippen LogP contribution in [0.5, 0.6) is 5.75 Å². The Bertz CT molecular complexity index is 420. The lowest BCUT2D eigenvalue weighted by Crippen LogP contribution is -2.25. The highest BCUT2D eigenvalue weighted by atomic mass is 19.4. The molecule has 114 valence electrons. The second kappa shape index (κ2) is 7.47. The maximum Gasteiger partial charge on any atom is 0.419 e. The molecule has 0 heterocycles. The minimum atomic E-state index is -4.71. The van der Waals surface area contributed by atoms with E-state index < -0.39 is 17.6 Å². The van der Waals surface area contributed by atoms with Gasteiger partial charge in [-0.2, -0.15) is 13.2 Å². The molecule has 0 aliphatic rings. The van der Waals surface area contributed by atoms with E-state index in [1.54, 1.807) is 0 Å². The maximum atomic E-state index is 13.1. The fraction of sp³-hybridized carbons (Fsp3) is 0.571. The molecule has 0 aliphatic heterocycles. The van der Waals surface area contributed by atoms with Crippen LogP contribution in [0.4, 0.5) is 17.6 Å². The number of hydrogen-bond acceptors (Lipinski definition) is 2. The average molecular weight is 293 g/mol. The summed E-state index contributed by atoms with van der Waals surface area (Å²) in [6.45, 7) is 5.86. The van der Waals surface area contributed by atoms with Crippen LogP contribution in [-0.2, 0) is 6.18 Å². The second-order valence-corrected chi connectivity index (χ2v) is 4.76. The van der Waals surface area contributed by atoms with Gasteiger partial charge in [-0.15, -0.1) is 0 Å². The van der Waals surface area contributed by atoms with Crippen LogP contribution in [0.1, 0.15) is 25.8 Å². The van der Waals surface area contributed by atoms with E-state index in [1.165, 1.54) is 6.07 Å². The van der Waals surface area contributed by atoms with Gasteiger partial charge < -0.3 is 10.1 Å². The molecule has 0 aliphatic carbocycles. The second-order valence-electron chi connectivity index (χ2n) is 4.76. The van der Waals surface area contributed by atoms with Crippen molar-refractivity contribution in [2.45, 2.75) is 26.4 Å². The van der Waals surface area contributed by atoms with Crippen LogP contribution >= 0.6 is 0 Å². The van der Waals surface area contributed by atoms with Crippen LogP contribution in [0.15, 0.2) is 18.2 Å². The largest absolute Gasteiger partial charge is 0.493 e. The van der Waals surface area contributed by atoms with E-state index in [-0.39, 0.29) is 18.3 Å². The van der Waals surface area contributed by atoms with E-state index >= 15 is 0 Å². The van der Waals surface area contributed by atoms with Crippen LogP contribution in [-0.4, -0.2) is 19.7 Å². The quantitative estimate of drug-likeness (QED) is 0.609. The van der Waals surface area contributed by atoms with E-state index in [1.807, 2.05) is 13.8 Å². The molecule has 0 saturated carbocycles. The molecule has 1 unspecified atom stereocenters. The van der Waals surface area contributed by atoms with Gasteiger partial charge in [-0.25, -0.2) is 4.39 Å². The van der Waals surface area contributed by atoms with Crippen molar-refractivity contribution in [2.24, 2.45) is 5.92 Å². The monoisotopic (exact) mass is 293 g/mol. The molecule has 0 fully saturated rings. The third-order valence-electron chi connectivity index (χ3n) is 2.70. The van der Waals surface area contributed by atoms with E-state index in [0.29, 0.717) is 6.07 Å². The normalized spacial score (nSPS) is 13.3. The molecule has 1 rings (SSSR count). The zero-order valence-electron chi connectivity index (χ0n) is 11.6. The molecule has 0 bridgehead atoms. The van der Waals surface area contributed by atoms with Crippen molar-refractivity contribution in [3.05, 3.63) is 29.6 Å². The number of benzene rings is 1. The van der Waals surface area contributed by atoms with Crippen molar-refractivity contribution in [3.63, 3.8) is 0 Å². The molecule has 0 saturated heterocycles. The van der Waals surface area contributed by atoms with E-state index in [9.17, 15) is 17.6 Å². The Morgan fingerprint density at radius 1 is 1.30 bits per heavy atom. The zero-order valence-corrected chi connectivity index (χ0v) is 11.6. The Hall–Kier alpha value is -1.30. The van der Waals surface area contributed by atoms with Crippen molar-refractivity contribution in [2.75, 3.05) is 19.7 Å². The number of rotatable bonds is 7. The SMILES string of the molecule is CCCNCC(C)COc1ccc(F)c(C(F)(F)F)c1. The van der Waals surface area contributed by atoms with E-state index in [2.05, 4.69) is 5.32 Å².